The van der Waals surface area contributed by atoms with Crippen LogP contribution in [0.15, 0.2) is 51.4 Å². The summed E-state index contributed by atoms with van der Waals surface area (Å²) < 4.78 is 24.5. The Morgan fingerprint density at radius 2 is 1.90 bits per heavy atom. The van der Waals surface area contributed by atoms with Crippen LogP contribution < -0.4 is 29.1 Å². The molecular formula is C29H30Cl2N2O6S. The highest BCUT2D eigenvalue weighted by molar-refractivity contribution is 7.07. The molecule has 0 amide bonds. The number of nitrogens with zero attached hydrogens (tertiary/aromatic N) is 2. The van der Waals surface area contributed by atoms with Crippen molar-refractivity contribution < 1.29 is 23.7 Å². The summed E-state index contributed by atoms with van der Waals surface area (Å²) in [5.41, 5.74) is 1.57. The van der Waals surface area contributed by atoms with Crippen molar-refractivity contribution in [1.29, 1.82) is 0 Å². The largest absolute Gasteiger partial charge is 0.493 e. The first-order valence-corrected chi connectivity index (χ1v) is 14.3. The van der Waals surface area contributed by atoms with E-state index in [1.165, 1.54) is 23.0 Å². The minimum absolute atomic E-state index is 0.0729. The fourth-order valence-corrected chi connectivity index (χ4v) is 6.04. The number of thiazole rings is 1. The van der Waals surface area contributed by atoms with E-state index < -0.39 is 12.0 Å². The average Bonchev–Trinajstić information content (AvgIpc) is 3.19. The van der Waals surface area contributed by atoms with E-state index in [4.69, 9.17) is 42.1 Å². The zero-order chi connectivity index (χ0) is 29.1. The molecule has 0 aliphatic carbocycles. The number of rotatable bonds is 9. The first-order valence-electron chi connectivity index (χ1n) is 12.8. The van der Waals surface area contributed by atoms with E-state index in [1.54, 1.807) is 44.2 Å². The van der Waals surface area contributed by atoms with Crippen LogP contribution in [0.25, 0.3) is 6.08 Å². The SMILES string of the molecule is CCOC(=O)C1=C(C)N=c2s/c(=C/c3cc(Cl)cc(Cl)c3OCC)c(=O)n2[C@@H]1c1ccc(OC(C)C)c(OC)c1. The summed E-state index contributed by atoms with van der Waals surface area (Å²) in [6.45, 7) is 9.68. The van der Waals surface area contributed by atoms with E-state index in [1.807, 2.05) is 26.8 Å². The maximum atomic E-state index is 14.0. The zero-order valence-electron chi connectivity index (χ0n) is 23.0. The van der Waals surface area contributed by atoms with Crippen LogP contribution in [-0.2, 0) is 9.53 Å². The lowest BCUT2D eigenvalue weighted by Crippen LogP contribution is -2.40. The summed E-state index contributed by atoms with van der Waals surface area (Å²) in [5.74, 6) is 0.893. The third-order valence-corrected chi connectivity index (χ3v) is 7.48. The lowest BCUT2D eigenvalue weighted by Gasteiger charge is -2.25. The molecular weight excluding hydrogens is 575 g/mol. The predicted octanol–water partition coefficient (Wildman–Crippen LogP) is 5.30. The van der Waals surface area contributed by atoms with Gasteiger partial charge in [0.05, 0.1) is 53.3 Å². The number of carbonyl (C=O) groups is 1. The third-order valence-electron chi connectivity index (χ3n) is 6.00. The summed E-state index contributed by atoms with van der Waals surface area (Å²) in [5, 5.41) is 0.740. The Morgan fingerprint density at radius 3 is 2.55 bits per heavy atom. The Balaban J connectivity index is 1.97. The lowest BCUT2D eigenvalue weighted by molar-refractivity contribution is -0.139. The molecule has 0 saturated carbocycles. The van der Waals surface area contributed by atoms with Crippen LogP contribution in [0.5, 0.6) is 17.2 Å². The molecule has 40 heavy (non-hydrogen) atoms. The second kappa shape index (κ2) is 12.5. The molecule has 1 aliphatic heterocycles. The molecule has 0 N–H and O–H groups in total. The molecule has 2 aromatic carbocycles. The van der Waals surface area contributed by atoms with Crippen molar-refractivity contribution in [1.82, 2.24) is 4.57 Å². The van der Waals surface area contributed by atoms with Crippen molar-refractivity contribution >= 4 is 46.6 Å². The topological polar surface area (TPSA) is 88.4 Å². The zero-order valence-corrected chi connectivity index (χ0v) is 25.4. The van der Waals surface area contributed by atoms with Gasteiger partial charge in [0.1, 0.15) is 5.75 Å². The lowest BCUT2D eigenvalue weighted by atomic mass is 9.95. The van der Waals surface area contributed by atoms with Gasteiger partial charge in [-0.05, 0) is 70.5 Å². The summed E-state index contributed by atoms with van der Waals surface area (Å²) in [6.07, 6.45) is 1.60. The van der Waals surface area contributed by atoms with Gasteiger partial charge >= 0.3 is 5.97 Å². The quantitative estimate of drug-likeness (QED) is 0.308. The molecule has 1 aliphatic rings. The highest BCUT2D eigenvalue weighted by atomic mass is 35.5. The van der Waals surface area contributed by atoms with Gasteiger partial charge in [0, 0.05) is 10.6 Å². The summed E-state index contributed by atoms with van der Waals surface area (Å²) in [7, 11) is 1.54. The molecule has 0 saturated heterocycles. The van der Waals surface area contributed by atoms with Crippen molar-refractivity contribution in [2.75, 3.05) is 20.3 Å². The van der Waals surface area contributed by atoms with Gasteiger partial charge in [-0.15, -0.1) is 0 Å². The number of hydrogen-bond donors (Lipinski definition) is 0. The molecule has 0 fully saturated rings. The molecule has 8 nitrogen and oxygen atoms in total. The normalized spacial score (nSPS) is 15.1. The van der Waals surface area contributed by atoms with Crippen LogP contribution >= 0.6 is 34.5 Å². The second-order valence-electron chi connectivity index (χ2n) is 9.12. The molecule has 1 atom stereocenters. The van der Waals surface area contributed by atoms with Gasteiger partial charge in [0.25, 0.3) is 5.56 Å². The van der Waals surface area contributed by atoms with Gasteiger partial charge in [-0.3, -0.25) is 9.36 Å². The van der Waals surface area contributed by atoms with E-state index in [-0.39, 0.29) is 23.8 Å². The molecule has 4 rings (SSSR count). The number of allylic oxidation sites excluding steroid dienone is 1. The van der Waals surface area contributed by atoms with Crippen LogP contribution in [-0.4, -0.2) is 37.0 Å². The minimum atomic E-state index is -0.811. The van der Waals surface area contributed by atoms with Crippen molar-refractivity contribution in [3.8, 4) is 17.2 Å². The van der Waals surface area contributed by atoms with Gasteiger partial charge in [-0.1, -0.05) is 40.6 Å². The first kappa shape index (κ1) is 29.7. The number of aromatic nitrogens is 1. The Bertz CT molecular complexity index is 1660. The highest BCUT2D eigenvalue weighted by Gasteiger charge is 2.34. The van der Waals surface area contributed by atoms with E-state index in [0.717, 1.165) is 0 Å². The first-order chi connectivity index (χ1) is 19.1. The number of hydrogen-bond acceptors (Lipinski definition) is 8. The summed E-state index contributed by atoms with van der Waals surface area (Å²) in [6, 6.07) is 7.80. The Hall–Kier alpha value is -3.27. The van der Waals surface area contributed by atoms with E-state index >= 15 is 0 Å². The van der Waals surface area contributed by atoms with Crippen LogP contribution in [0, 0.1) is 0 Å². The minimum Gasteiger partial charge on any atom is -0.493 e. The van der Waals surface area contributed by atoms with Gasteiger partial charge in [0.2, 0.25) is 0 Å². The number of benzene rings is 2. The summed E-state index contributed by atoms with van der Waals surface area (Å²) in [4.78, 5) is 32.2. The number of methoxy groups -OCH3 is 1. The number of halogens is 2. The standard InChI is InChI=1S/C29H30Cl2N2O6S/c1-7-37-26-18(11-19(30)14-20(26)31)13-23-27(34)33-25(17-9-10-21(39-15(3)4)22(12-17)36-6)24(28(35)38-8-2)16(5)32-29(33)40-23/h9-15,25H,7-8H2,1-6H3/b23-13+/t25-/m1/s1. The summed E-state index contributed by atoms with van der Waals surface area (Å²) >= 11 is 13.9. The molecule has 0 spiro atoms. The Kier molecular flexibility index (Phi) is 9.28. The van der Waals surface area contributed by atoms with Crippen LogP contribution in [0.4, 0.5) is 0 Å². The van der Waals surface area contributed by atoms with Gasteiger partial charge in [-0.25, -0.2) is 9.79 Å². The molecule has 3 aromatic rings. The third kappa shape index (κ3) is 5.92. The number of fused-ring (bicyclic) bond motifs is 1. The predicted molar refractivity (Wildman–Crippen MR) is 157 cm³/mol. The van der Waals surface area contributed by atoms with Gasteiger partial charge < -0.3 is 18.9 Å². The molecule has 0 radical (unpaired) electrons. The number of esters is 1. The van der Waals surface area contributed by atoms with E-state index in [0.29, 0.717) is 60.1 Å². The van der Waals surface area contributed by atoms with E-state index in [9.17, 15) is 9.59 Å². The maximum absolute atomic E-state index is 14.0. The van der Waals surface area contributed by atoms with Crippen LogP contribution in [0.3, 0.4) is 0 Å². The Labute approximate surface area is 246 Å². The van der Waals surface area contributed by atoms with Crippen molar-refractivity contribution in [3.63, 3.8) is 0 Å². The fourth-order valence-electron chi connectivity index (χ4n) is 4.44. The van der Waals surface area contributed by atoms with Crippen LogP contribution in [0.1, 0.15) is 51.8 Å². The average molecular weight is 606 g/mol. The number of carbonyl (C=O) groups excluding carboxylic acids is 1. The molecule has 212 valence electrons. The Morgan fingerprint density at radius 1 is 1.15 bits per heavy atom. The monoisotopic (exact) mass is 604 g/mol. The van der Waals surface area contributed by atoms with Crippen molar-refractivity contribution in [3.05, 3.63) is 82.5 Å². The molecule has 11 heteroatoms. The van der Waals surface area contributed by atoms with Crippen molar-refractivity contribution in [2.24, 2.45) is 4.99 Å². The highest BCUT2D eigenvalue weighted by Crippen LogP contribution is 2.37. The maximum Gasteiger partial charge on any atom is 0.338 e. The van der Waals surface area contributed by atoms with Crippen molar-refractivity contribution in [2.45, 2.75) is 46.8 Å². The van der Waals surface area contributed by atoms with Crippen LogP contribution in [0.2, 0.25) is 10.0 Å². The molecule has 2 heterocycles. The number of ether oxygens (including phenoxy) is 4. The molecule has 0 bridgehead atoms. The second-order valence-corrected chi connectivity index (χ2v) is 11.0. The fraction of sp³-hybridized carbons (Fsp3) is 0.345. The smallest absolute Gasteiger partial charge is 0.338 e. The molecule has 0 unspecified atom stereocenters. The van der Waals surface area contributed by atoms with Gasteiger partial charge in [-0.2, -0.15) is 0 Å². The van der Waals surface area contributed by atoms with Gasteiger partial charge in [0.15, 0.2) is 16.3 Å². The molecule has 1 aromatic heterocycles. The van der Waals surface area contributed by atoms with E-state index in [2.05, 4.69) is 4.99 Å².